The molecule has 0 bridgehead atoms. The summed E-state index contributed by atoms with van der Waals surface area (Å²) in [5.74, 6) is -7.29. The Morgan fingerprint density at radius 3 is 1.69 bits per heavy atom. The average Bonchev–Trinajstić information content (AvgIpc) is 3.54. The van der Waals surface area contributed by atoms with Crippen LogP contribution in [0.3, 0.4) is 0 Å². The standard InChI is InChI=1S/C29H21N3O7/c1-39-29(38)23-21-20(27(36)30(28(21)37)17-12-6-3-7-13-17)22(24(33)16-10-4-2-5-11-16)31(23)32-25(34)18-14-8-9-15-19(18)26(32)35/h2-15,20-23H,1H3/t20-,21+,22-,23+/m0/s1. The highest BCUT2D eigenvalue weighted by Gasteiger charge is 2.69. The van der Waals surface area contributed by atoms with Gasteiger partial charge in [0.05, 0.1) is 35.8 Å². The van der Waals surface area contributed by atoms with Gasteiger partial charge in [0.1, 0.15) is 12.1 Å². The Labute approximate surface area is 222 Å². The number of esters is 1. The summed E-state index contributed by atoms with van der Waals surface area (Å²) in [5, 5.41) is 1.71. The minimum atomic E-state index is -1.59. The number of rotatable bonds is 5. The lowest BCUT2D eigenvalue weighted by molar-refractivity contribution is -0.154. The largest absolute Gasteiger partial charge is 0.468 e. The van der Waals surface area contributed by atoms with Crippen molar-refractivity contribution in [3.05, 3.63) is 102 Å². The molecular weight excluding hydrogens is 502 g/mol. The van der Waals surface area contributed by atoms with Crippen molar-refractivity contribution in [3.8, 4) is 0 Å². The van der Waals surface area contributed by atoms with E-state index in [0.29, 0.717) is 5.01 Å². The summed E-state index contributed by atoms with van der Waals surface area (Å²) in [5.41, 5.74) is 0.630. The van der Waals surface area contributed by atoms with E-state index >= 15 is 0 Å². The van der Waals surface area contributed by atoms with Crippen molar-refractivity contribution in [1.29, 1.82) is 0 Å². The van der Waals surface area contributed by atoms with E-state index in [9.17, 15) is 28.8 Å². The molecule has 194 valence electrons. The van der Waals surface area contributed by atoms with Crippen LogP contribution in [0.15, 0.2) is 84.9 Å². The zero-order valence-electron chi connectivity index (χ0n) is 20.6. The van der Waals surface area contributed by atoms with Gasteiger partial charge >= 0.3 is 5.97 Å². The Bertz CT molecular complexity index is 1520. The summed E-state index contributed by atoms with van der Waals surface area (Å²) < 4.78 is 5.01. The Hall–Kier alpha value is -4.96. The highest BCUT2D eigenvalue weighted by Crippen LogP contribution is 2.47. The van der Waals surface area contributed by atoms with Gasteiger partial charge < -0.3 is 4.74 Å². The number of ketones is 1. The lowest BCUT2D eigenvalue weighted by atomic mass is 9.86. The molecule has 0 aromatic heterocycles. The Morgan fingerprint density at radius 2 is 1.15 bits per heavy atom. The molecule has 10 nitrogen and oxygen atoms in total. The van der Waals surface area contributed by atoms with Crippen LogP contribution in [-0.2, 0) is 19.1 Å². The van der Waals surface area contributed by atoms with Crippen LogP contribution < -0.4 is 4.90 Å². The summed E-state index contributed by atoms with van der Waals surface area (Å²) in [6.07, 6.45) is 0. The third kappa shape index (κ3) is 3.45. The average molecular weight is 524 g/mol. The Morgan fingerprint density at radius 1 is 0.667 bits per heavy atom. The first-order chi connectivity index (χ1) is 18.9. The van der Waals surface area contributed by atoms with Crippen LogP contribution in [0.4, 0.5) is 5.69 Å². The number of amides is 4. The molecule has 0 radical (unpaired) electrons. The number of anilines is 1. The van der Waals surface area contributed by atoms with Crippen molar-refractivity contribution in [1.82, 2.24) is 10.0 Å². The maximum Gasteiger partial charge on any atom is 0.325 e. The van der Waals surface area contributed by atoms with Crippen molar-refractivity contribution in [2.75, 3.05) is 12.0 Å². The van der Waals surface area contributed by atoms with Crippen LogP contribution in [0.2, 0.25) is 0 Å². The molecule has 2 fully saturated rings. The quantitative estimate of drug-likeness (QED) is 0.283. The van der Waals surface area contributed by atoms with Crippen LogP contribution in [0, 0.1) is 11.8 Å². The predicted molar refractivity (Wildman–Crippen MR) is 135 cm³/mol. The zero-order chi connectivity index (χ0) is 27.4. The molecule has 4 amide bonds. The summed E-state index contributed by atoms with van der Waals surface area (Å²) >= 11 is 0. The number of hydrogen-bond acceptors (Lipinski definition) is 8. The third-order valence-corrected chi connectivity index (χ3v) is 7.44. The number of Topliss-reactive ketones (excluding diaryl/α,β-unsaturated/α-hetero) is 1. The maximum atomic E-state index is 14.1. The molecule has 3 aliphatic heterocycles. The van der Waals surface area contributed by atoms with Gasteiger partial charge in [-0.05, 0) is 24.3 Å². The number of para-hydroxylation sites is 1. The van der Waals surface area contributed by atoms with Crippen LogP contribution >= 0.6 is 0 Å². The molecule has 39 heavy (non-hydrogen) atoms. The Balaban J connectivity index is 1.54. The number of ether oxygens (including phenoxy) is 1. The van der Waals surface area contributed by atoms with Gasteiger partial charge in [-0.3, -0.25) is 28.8 Å². The third-order valence-electron chi connectivity index (χ3n) is 7.44. The molecule has 0 aliphatic carbocycles. The highest BCUT2D eigenvalue weighted by atomic mass is 16.5. The lowest BCUT2D eigenvalue weighted by Crippen LogP contribution is -2.59. The molecule has 6 rings (SSSR count). The molecule has 4 atom stereocenters. The Kier molecular flexibility index (Phi) is 5.69. The van der Waals surface area contributed by atoms with Crippen LogP contribution in [0.25, 0.3) is 0 Å². The molecule has 3 heterocycles. The topological polar surface area (TPSA) is 121 Å². The number of hydrazine groups is 1. The van der Waals surface area contributed by atoms with Gasteiger partial charge in [0.15, 0.2) is 5.78 Å². The zero-order valence-corrected chi connectivity index (χ0v) is 20.6. The van der Waals surface area contributed by atoms with E-state index in [4.69, 9.17) is 4.74 Å². The number of fused-ring (bicyclic) bond motifs is 2. The molecule has 2 saturated heterocycles. The second-order valence-electron chi connectivity index (χ2n) is 9.39. The van der Waals surface area contributed by atoms with Gasteiger partial charge in [-0.25, -0.2) is 9.91 Å². The van der Waals surface area contributed by atoms with Crippen molar-refractivity contribution in [2.45, 2.75) is 12.1 Å². The van der Waals surface area contributed by atoms with E-state index in [1.54, 1.807) is 60.7 Å². The van der Waals surface area contributed by atoms with Crippen molar-refractivity contribution >= 4 is 41.1 Å². The van der Waals surface area contributed by atoms with E-state index in [1.807, 2.05) is 0 Å². The number of carbonyl (C=O) groups is 6. The number of imide groups is 2. The number of methoxy groups -OCH3 is 1. The van der Waals surface area contributed by atoms with E-state index in [2.05, 4.69) is 0 Å². The second kappa shape index (κ2) is 9.10. The predicted octanol–water partition coefficient (Wildman–Crippen LogP) is 2.11. The van der Waals surface area contributed by atoms with Gasteiger partial charge in [0.25, 0.3) is 11.8 Å². The summed E-state index contributed by atoms with van der Waals surface area (Å²) in [4.78, 5) is 83.2. The molecule has 0 unspecified atom stereocenters. The highest BCUT2D eigenvalue weighted by molar-refractivity contribution is 6.26. The number of nitrogens with zero attached hydrogens (tertiary/aromatic N) is 3. The number of carbonyl (C=O) groups excluding carboxylic acids is 6. The van der Waals surface area contributed by atoms with Crippen LogP contribution in [0.1, 0.15) is 31.1 Å². The summed E-state index contributed by atoms with van der Waals surface area (Å²) in [7, 11) is 1.10. The van der Waals surface area contributed by atoms with Crippen molar-refractivity contribution in [3.63, 3.8) is 0 Å². The fourth-order valence-electron chi connectivity index (χ4n) is 5.78. The van der Waals surface area contributed by atoms with Crippen LogP contribution in [-0.4, -0.2) is 64.6 Å². The second-order valence-corrected chi connectivity index (χ2v) is 9.39. The summed E-state index contributed by atoms with van der Waals surface area (Å²) in [6, 6.07) is 19.2. The first kappa shape index (κ1) is 24.4. The van der Waals surface area contributed by atoms with Gasteiger partial charge in [-0.2, -0.15) is 5.01 Å². The molecule has 10 heteroatoms. The molecule has 3 aromatic rings. The van der Waals surface area contributed by atoms with Gasteiger partial charge in [0.2, 0.25) is 11.8 Å². The monoisotopic (exact) mass is 523 g/mol. The minimum absolute atomic E-state index is 0.0812. The fourth-order valence-corrected chi connectivity index (χ4v) is 5.78. The van der Waals surface area contributed by atoms with E-state index in [0.717, 1.165) is 17.0 Å². The molecule has 0 saturated carbocycles. The SMILES string of the molecule is COC(=O)[C@H]1[C@@H]2C(=O)N(c3ccccc3)C(=O)[C@@H]2[C@@H](C(=O)c2ccccc2)N1N1C(=O)c2ccccc2C1=O. The fraction of sp³-hybridized carbons (Fsp3) is 0.172. The van der Waals surface area contributed by atoms with E-state index < -0.39 is 59.3 Å². The molecular formula is C29H21N3O7. The van der Waals surface area contributed by atoms with E-state index in [1.165, 1.54) is 24.3 Å². The summed E-state index contributed by atoms with van der Waals surface area (Å²) in [6.45, 7) is 0. The first-order valence-electron chi connectivity index (χ1n) is 12.2. The van der Waals surface area contributed by atoms with Gasteiger partial charge in [0, 0.05) is 5.56 Å². The normalized spacial score (nSPS) is 24.2. The number of hydrogen-bond donors (Lipinski definition) is 0. The number of benzene rings is 3. The van der Waals surface area contributed by atoms with Crippen molar-refractivity contribution < 1.29 is 33.5 Å². The van der Waals surface area contributed by atoms with E-state index in [-0.39, 0.29) is 22.4 Å². The van der Waals surface area contributed by atoms with Crippen LogP contribution in [0.5, 0.6) is 0 Å². The smallest absolute Gasteiger partial charge is 0.325 e. The molecule has 3 aliphatic rings. The lowest BCUT2D eigenvalue weighted by Gasteiger charge is -2.36. The first-order valence-corrected chi connectivity index (χ1v) is 12.2. The van der Waals surface area contributed by atoms with Crippen molar-refractivity contribution in [2.24, 2.45) is 11.8 Å². The maximum absolute atomic E-state index is 14.1. The van der Waals surface area contributed by atoms with Gasteiger partial charge in [-0.1, -0.05) is 60.7 Å². The van der Waals surface area contributed by atoms with Gasteiger partial charge in [-0.15, -0.1) is 0 Å². The molecule has 0 spiro atoms. The minimum Gasteiger partial charge on any atom is -0.468 e. The molecule has 0 N–H and O–H groups in total. The molecule has 3 aromatic carbocycles.